The SMILES string of the molecule is [2H]c1c([2H])c(N(c2cccc(-c3cccc4ccccc34)c2)c2ccc3c(c2)C(C)(C)c2ccccc2-3)c([2H])c([2H])c1-c1ccc(-c2ccccc2)cc1. The minimum atomic E-state index is -0.275. The molecule has 0 N–H and O–H groups in total. The molecule has 0 atom stereocenters. The lowest BCUT2D eigenvalue weighted by molar-refractivity contribution is 0.660. The van der Waals surface area contributed by atoms with Gasteiger partial charge in [-0.25, -0.2) is 0 Å². The maximum Gasteiger partial charge on any atom is 0.0645 e. The first kappa shape index (κ1) is 25.8. The Hall–Kier alpha value is -6.18. The Kier molecular flexibility index (Phi) is 6.22. The summed E-state index contributed by atoms with van der Waals surface area (Å²) >= 11 is 0. The average molecular weight is 644 g/mol. The first-order valence-corrected chi connectivity index (χ1v) is 17.1. The van der Waals surface area contributed by atoms with Crippen molar-refractivity contribution in [3.8, 4) is 44.5 Å². The van der Waals surface area contributed by atoms with Gasteiger partial charge in [-0.2, -0.15) is 0 Å². The molecule has 0 heterocycles. The minimum Gasteiger partial charge on any atom is -0.310 e. The van der Waals surface area contributed by atoms with Gasteiger partial charge in [-0.15, -0.1) is 0 Å². The van der Waals surface area contributed by atoms with Gasteiger partial charge in [0.1, 0.15) is 0 Å². The number of rotatable bonds is 6. The summed E-state index contributed by atoms with van der Waals surface area (Å²) in [6.07, 6.45) is 0. The summed E-state index contributed by atoms with van der Waals surface area (Å²) in [7, 11) is 0. The molecule has 0 bridgehead atoms. The summed E-state index contributed by atoms with van der Waals surface area (Å²) < 4.78 is 37.9. The van der Waals surface area contributed by atoms with Crippen LogP contribution in [0.15, 0.2) is 188 Å². The highest BCUT2D eigenvalue weighted by Gasteiger charge is 2.35. The second-order valence-electron chi connectivity index (χ2n) is 13.5. The van der Waals surface area contributed by atoms with Crippen molar-refractivity contribution < 1.29 is 5.48 Å². The van der Waals surface area contributed by atoms with Gasteiger partial charge in [-0.1, -0.05) is 165 Å². The molecule has 238 valence electrons. The fourth-order valence-corrected chi connectivity index (χ4v) is 7.55. The van der Waals surface area contributed by atoms with Crippen molar-refractivity contribution in [2.45, 2.75) is 19.3 Å². The number of hydrogen-bond donors (Lipinski definition) is 0. The molecule has 0 radical (unpaired) electrons. The molecular weight excluding hydrogens is 603 g/mol. The highest BCUT2D eigenvalue weighted by atomic mass is 15.1. The molecule has 9 rings (SSSR count). The van der Waals surface area contributed by atoms with Crippen LogP contribution in [0.2, 0.25) is 0 Å². The van der Waals surface area contributed by atoms with Gasteiger partial charge in [0.25, 0.3) is 0 Å². The van der Waals surface area contributed by atoms with E-state index < -0.39 is 0 Å². The Bertz CT molecular complexity index is 2700. The van der Waals surface area contributed by atoms with Crippen molar-refractivity contribution in [3.63, 3.8) is 0 Å². The molecule has 8 aromatic carbocycles. The van der Waals surface area contributed by atoms with Crippen LogP contribution in [0.25, 0.3) is 55.3 Å². The van der Waals surface area contributed by atoms with E-state index in [0.29, 0.717) is 5.56 Å². The number of hydrogen-bond acceptors (Lipinski definition) is 1. The van der Waals surface area contributed by atoms with Crippen LogP contribution in [0.1, 0.15) is 30.5 Å². The van der Waals surface area contributed by atoms with Crippen LogP contribution in [0.3, 0.4) is 0 Å². The van der Waals surface area contributed by atoms with E-state index in [1.807, 2.05) is 89.8 Å². The predicted octanol–water partition coefficient (Wildman–Crippen LogP) is 13.6. The standard InChI is InChI=1S/C49H37N/c1-49(2)47-21-9-8-19-45(47)46-31-30-42(33-48(46)49)50(41-17-10-16-39(32-41)44-20-11-15-38-14-6-7-18-43(38)44)40-28-26-37(27-29-40)36-24-22-35(23-25-36)34-12-4-3-5-13-34/h3-33H,1-2H3/i26D,27D,28D,29D. The summed E-state index contributed by atoms with van der Waals surface area (Å²) in [5.41, 5.74) is 11.3. The fourth-order valence-electron chi connectivity index (χ4n) is 7.55. The second kappa shape index (κ2) is 12.1. The molecule has 0 amide bonds. The van der Waals surface area contributed by atoms with Crippen molar-refractivity contribution in [1.29, 1.82) is 0 Å². The molecule has 0 saturated carbocycles. The molecule has 1 nitrogen and oxygen atoms in total. The van der Waals surface area contributed by atoms with E-state index >= 15 is 0 Å². The predicted molar refractivity (Wildman–Crippen MR) is 213 cm³/mol. The first-order valence-electron chi connectivity index (χ1n) is 19.1. The zero-order valence-corrected chi connectivity index (χ0v) is 28.0. The van der Waals surface area contributed by atoms with E-state index in [0.717, 1.165) is 55.5 Å². The smallest absolute Gasteiger partial charge is 0.0645 e. The molecule has 1 aliphatic carbocycles. The van der Waals surface area contributed by atoms with Gasteiger partial charge in [0.15, 0.2) is 0 Å². The average Bonchev–Trinajstić information content (AvgIpc) is 3.44. The number of fused-ring (bicyclic) bond motifs is 4. The van der Waals surface area contributed by atoms with Crippen LogP contribution in [0.5, 0.6) is 0 Å². The molecule has 0 aliphatic heterocycles. The van der Waals surface area contributed by atoms with Gasteiger partial charge < -0.3 is 4.90 Å². The van der Waals surface area contributed by atoms with Crippen LogP contribution in [0, 0.1) is 0 Å². The van der Waals surface area contributed by atoms with E-state index in [4.69, 9.17) is 0 Å². The zero-order valence-electron chi connectivity index (χ0n) is 32.0. The maximum atomic E-state index is 9.56. The third-order valence-corrected chi connectivity index (χ3v) is 10.1. The Balaban J connectivity index is 1.24. The molecule has 1 aliphatic rings. The quantitative estimate of drug-likeness (QED) is 0.174. The summed E-state index contributed by atoms with van der Waals surface area (Å²) in [6.45, 7) is 4.47. The highest BCUT2D eigenvalue weighted by Crippen LogP contribution is 2.50. The third kappa shape index (κ3) is 5.11. The lowest BCUT2D eigenvalue weighted by atomic mass is 9.82. The fraction of sp³-hybridized carbons (Fsp3) is 0.0612. The summed E-state index contributed by atoms with van der Waals surface area (Å²) in [5, 5.41) is 2.28. The number of nitrogens with zero attached hydrogens (tertiary/aromatic N) is 1. The summed E-state index contributed by atoms with van der Waals surface area (Å²) in [6, 6.07) is 55.1. The molecule has 0 spiro atoms. The van der Waals surface area contributed by atoms with Crippen molar-refractivity contribution >= 4 is 27.8 Å². The molecular formula is C49H37N. The molecule has 1 heteroatoms. The van der Waals surface area contributed by atoms with Crippen LogP contribution >= 0.6 is 0 Å². The van der Waals surface area contributed by atoms with Crippen LogP contribution in [0.4, 0.5) is 17.1 Å². The van der Waals surface area contributed by atoms with E-state index in [9.17, 15) is 5.48 Å². The van der Waals surface area contributed by atoms with Gasteiger partial charge >= 0.3 is 0 Å². The van der Waals surface area contributed by atoms with E-state index in [1.165, 1.54) is 11.1 Å². The molecule has 0 unspecified atom stereocenters. The second-order valence-corrected chi connectivity index (χ2v) is 13.5. The maximum absolute atomic E-state index is 9.56. The van der Waals surface area contributed by atoms with Gasteiger partial charge in [0, 0.05) is 22.5 Å². The van der Waals surface area contributed by atoms with Crippen LogP contribution in [-0.4, -0.2) is 0 Å². The van der Waals surface area contributed by atoms with Gasteiger partial charge in [0.05, 0.1) is 5.48 Å². The molecule has 0 saturated heterocycles. The topological polar surface area (TPSA) is 3.24 Å². The minimum absolute atomic E-state index is 0.0810. The van der Waals surface area contributed by atoms with Crippen molar-refractivity contribution in [2.24, 2.45) is 0 Å². The molecule has 50 heavy (non-hydrogen) atoms. The first-order chi connectivity index (χ1) is 26.2. The van der Waals surface area contributed by atoms with Crippen molar-refractivity contribution in [2.75, 3.05) is 4.90 Å². The third-order valence-electron chi connectivity index (χ3n) is 10.1. The number of anilines is 3. The van der Waals surface area contributed by atoms with Crippen molar-refractivity contribution in [1.82, 2.24) is 0 Å². The lowest BCUT2D eigenvalue weighted by Gasteiger charge is -2.28. The van der Waals surface area contributed by atoms with Gasteiger partial charge in [-0.3, -0.25) is 0 Å². The van der Waals surface area contributed by atoms with E-state index in [-0.39, 0.29) is 40.8 Å². The van der Waals surface area contributed by atoms with Crippen LogP contribution < -0.4 is 4.90 Å². The molecule has 0 fully saturated rings. The van der Waals surface area contributed by atoms with Gasteiger partial charge in [-0.05, 0) is 103 Å². The Labute approximate surface area is 300 Å². The highest BCUT2D eigenvalue weighted by molar-refractivity contribution is 5.97. The van der Waals surface area contributed by atoms with E-state index in [1.54, 1.807) is 0 Å². The number of benzene rings is 8. The van der Waals surface area contributed by atoms with Crippen molar-refractivity contribution in [3.05, 3.63) is 199 Å². The van der Waals surface area contributed by atoms with Gasteiger partial charge in [0.2, 0.25) is 0 Å². The monoisotopic (exact) mass is 643 g/mol. The Morgan fingerprint density at radius 2 is 0.980 bits per heavy atom. The molecule has 8 aromatic rings. The summed E-state index contributed by atoms with van der Waals surface area (Å²) in [5.74, 6) is 0. The molecule has 0 aromatic heterocycles. The van der Waals surface area contributed by atoms with Crippen LogP contribution in [-0.2, 0) is 5.41 Å². The normalized spacial score (nSPS) is 13.9. The Morgan fingerprint density at radius 3 is 1.80 bits per heavy atom. The Morgan fingerprint density at radius 1 is 0.400 bits per heavy atom. The van der Waals surface area contributed by atoms with E-state index in [2.05, 4.69) is 92.7 Å². The lowest BCUT2D eigenvalue weighted by Crippen LogP contribution is -2.16. The zero-order chi connectivity index (χ0) is 37.1. The summed E-state index contributed by atoms with van der Waals surface area (Å²) in [4.78, 5) is 1.91. The largest absolute Gasteiger partial charge is 0.310 e.